The average Bonchev–Trinajstić information content (AvgIpc) is 3.71. The van der Waals surface area contributed by atoms with Crippen molar-refractivity contribution in [1.82, 2.24) is 0 Å². The first-order valence-corrected chi connectivity index (χ1v) is 17.9. The van der Waals surface area contributed by atoms with Crippen molar-refractivity contribution in [2.75, 3.05) is 13.2 Å². The second-order valence-electron chi connectivity index (χ2n) is 15.0. The minimum atomic E-state index is -0.605. The number of fused-ring (bicyclic) bond motifs is 1. The number of nitrogens with two attached hydrogens (primary N) is 2. The summed E-state index contributed by atoms with van der Waals surface area (Å²) in [6.07, 6.45) is 19.5. The van der Waals surface area contributed by atoms with E-state index in [0.29, 0.717) is 12.3 Å². The first kappa shape index (κ1) is 30.4. The van der Waals surface area contributed by atoms with Crippen molar-refractivity contribution in [2.45, 2.75) is 116 Å². The van der Waals surface area contributed by atoms with E-state index in [1.165, 1.54) is 18.4 Å². The maximum Gasteiger partial charge on any atom is 0.340 e. The van der Waals surface area contributed by atoms with Crippen LogP contribution in [0.1, 0.15) is 110 Å². The molecule has 5 N–H and O–H groups in total. The van der Waals surface area contributed by atoms with Gasteiger partial charge in [-0.15, -0.1) is 0 Å². The summed E-state index contributed by atoms with van der Waals surface area (Å²) in [6.45, 7) is 5.56. The molecule has 44 heavy (non-hydrogen) atoms. The van der Waals surface area contributed by atoms with E-state index in [-0.39, 0.29) is 53.8 Å². The Labute approximate surface area is 262 Å². The molecule has 0 amide bonds. The number of piperidine rings is 1. The van der Waals surface area contributed by atoms with E-state index in [0.717, 1.165) is 112 Å². The number of quaternary nitrogens is 1. The molecule has 2 bridgehead atoms. The Morgan fingerprint density at radius 2 is 1.91 bits per heavy atom. The molecule has 7 heteroatoms. The van der Waals surface area contributed by atoms with Gasteiger partial charge in [0.2, 0.25) is 0 Å². The number of esters is 2. The third-order valence-electron chi connectivity index (χ3n) is 13.0. The summed E-state index contributed by atoms with van der Waals surface area (Å²) in [7, 11) is 0. The van der Waals surface area contributed by atoms with Gasteiger partial charge in [0.1, 0.15) is 17.7 Å². The van der Waals surface area contributed by atoms with Gasteiger partial charge in [-0.25, -0.2) is 9.59 Å². The summed E-state index contributed by atoms with van der Waals surface area (Å²) < 4.78 is 12.5. The Kier molecular flexibility index (Phi) is 8.20. The number of carbonyl (C=O) groups excluding carboxylic acids is 2. The third kappa shape index (κ3) is 4.62. The van der Waals surface area contributed by atoms with Gasteiger partial charge < -0.3 is 19.9 Å². The molecule has 7 nitrogen and oxygen atoms in total. The van der Waals surface area contributed by atoms with E-state index >= 15 is 0 Å². The molecule has 0 aromatic heterocycles. The number of hydrogen-bond acceptors (Lipinski definition) is 6. The highest BCUT2D eigenvalue weighted by Gasteiger charge is 2.69. The number of carbonyl (C=O) groups is 2. The van der Waals surface area contributed by atoms with E-state index in [2.05, 4.69) is 31.3 Å². The van der Waals surface area contributed by atoms with Crippen LogP contribution in [-0.2, 0) is 19.1 Å². The maximum atomic E-state index is 14.2. The highest BCUT2D eigenvalue weighted by atomic mass is 16.5. The summed E-state index contributed by atoms with van der Waals surface area (Å²) in [5.74, 6) is 2.24. The molecular weight excluding hydrogens is 552 g/mol. The summed E-state index contributed by atoms with van der Waals surface area (Å²) in [6, 6.07) is 0. The Bertz CT molecular complexity index is 1320. The molecule has 4 fully saturated rings. The predicted molar refractivity (Wildman–Crippen MR) is 167 cm³/mol. The number of hydrogen-bond donors (Lipinski definition) is 3. The highest BCUT2D eigenvalue weighted by Crippen LogP contribution is 2.71. The molecule has 5 aliphatic carbocycles. The molecule has 0 aromatic carbocycles. The topological polar surface area (TPSA) is 115 Å². The first-order valence-electron chi connectivity index (χ1n) is 17.9. The zero-order chi connectivity index (χ0) is 30.6. The zero-order valence-electron chi connectivity index (χ0n) is 26.9. The summed E-state index contributed by atoms with van der Waals surface area (Å²) in [4.78, 5) is 28.2. The van der Waals surface area contributed by atoms with Crippen LogP contribution in [0.15, 0.2) is 46.0 Å². The van der Waals surface area contributed by atoms with Gasteiger partial charge >= 0.3 is 11.9 Å². The largest absolute Gasteiger partial charge is 0.427 e. The van der Waals surface area contributed by atoms with E-state index in [4.69, 9.17) is 15.2 Å². The van der Waals surface area contributed by atoms with Crippen LogP contribution in [0, 0.1) is 40.4 Å². The Morgan fingerprint density at radius 1 is 1.09 bits per heavy atom. The number of ether oxygens (including phenoxy) is 2. The van der Waals surface area contributed by atoms with Crippen molar-refractivity contribution in [3.05, 3.63) is 46.0 Å². The van der Waals surface area contributed by atoms with Crippen molar-refractivity contribution < 1.29 is 29.5 Å². The number of aliphatic hydroxyl groups excluding tert-OH is 1. The SMILES string of the molecule is CCCC=C1OC(=O)C2=C(C(CCCO)C3CC[NH2+]C(N)C3)C3CCC12C1C2=C(CCC31)C(=CC1(CC)CCCC1)OC2=O. The van der Waals surface area contributed by atoms with Gasteiger partial charge in [-0.2, -0.15) is 0 Å². The van der Waals surface area contributed by atoms with Crippen LogP contribution in [0.25, 0.3) is 0 Å². The molecule has 3 aliphatic heterocycles. The number of allylic oxidation sites excluding steroid dienone is 5. The molecular formula is C37H53N2O5+. The number of rotatable bonds is 9. The Morgan fingerprint density at radius 3 is 2.64 bits per heavy atom. The standard InChI is InChI=1S/C37H52N2O5/c1-3-5-10-28-37-17-13-24(30(33(37)35(42)44-28)23(9-8-19-40)22-14-18-39-29(38)20-22)25-11-12-26-27(43-34(41)31(26)32(25)37)21-36(4-2)15-6-7-16-36/h10,21-25,29,32,39-40H,3-9,11-20,38H2,1-2H3/p+1. The van der Waals surface area contributed by atoms with Gasteiger partial charge in [-0.05, 0) is 105 Å². The van der Waals surface area contributed by atoms with Crippen LogP contribution < -0.4 is 11.1 Å². The molecule has 2 saturated carbocycles. The normalized spacial score (nSPS) is 38.2. The average molecular weight is 606 g/mol. The first-order chi connectivity index (χ1) is 21.4. The van der Waals surface area contributed by atoms with Crippen molar-refractivity contribution in [2.24, 2.45) is 46.2 Å². The van der Waals surface area contributed by atoms with Crippen molar-refractivity contribution in [1.29, 1.82) is 0 Å². The van der Waals surface area contributed by atoms with Crippen LogP contribution in [0.3, 0.4) is 0 Å². The van der Waals surface area contributed by atoms with Crippen LogP contribution >= 0.6 is 0 Å². The second-order valence-corrected chi connectivity index (χ2v) is 15.0. The van der Waals surface area contributed by atoms with E-state index in [9.17, 15) is 14.7 Å². The second kappa shape index (κ2) is 11.9. The summed E-state index contributed by atoms with van der Waals surface area (Å²) >= 11 is 0. The molecule has 7 unspecified atom stereocenters. The lowest BCUT2D eigenvalue weighted by Crippen LogP contribution is -2.94. The molecule has 1 spiro atoms. The third-order valence-corrected chi connectivity index (χ3v) is 13.0. The molecule has 240 valence electrons. The fourth-order valence-corrected chi connectivity index (χ4v) is 11.0. The van der Waals surface area contributed by atoms with Gasteiger partial charge in [0.05, 0.1) is 17.5 Å². The van der Waals surface area contributed by atoms with Gasteiger partial charge in [-0.1, -0.05) is 38.7 Å². The monoisotopic (exact) mass is 605 g/mol. The summed E-state index contributed by atoms with van der Waals surface area (Å²) in [5.41, 5.74) is 10.1. The smallest absolute Gasteiger partial charge is 0.340 e. The summed E-state index contributed by atoms with van der Waals surface area (Å²) in [5, 5.41) is 12.2. The molecule has 0 aromatic rings. The fraction of sp³-hybridized carbons (Fsp3) is 0.730. The Balaban J connectivity index is 1.39. The zero-order valence-corrected chi connectivity index (χ0v) is 26.9. The number of aliphatic hydroxyl groups is 1. The lowest BCUT2D eigenvalue weighted by Gasteiger charge is -2.58. The predicted octanol–water partition coefficient (Wildman–Crippen LogP) is 5.31. The molecule has 8 rings (SSSR count). The quantitative estimate of drug-likeness (QED) is 0.307. The minimum Gasteiger partial charge on any atom is -0.427 e. The molecule has 0 radical (unpaired) electrons. The Hall–Kier alpha value is -2.22. The van der Waals surface area contributed by atoms with E-state index in [1.807, 2.05) is 0 Å². The minimum absolute atomic E-state index is 0.0705. The fourth-order valence-electron chi connectivity index (χ4n) is 11.0. The van der Waals surface area contributed by atoms with E-state index < -0.39 is 5.41 Å². The lowest BCUT2D eigenvalue weighted by atomic mass is 9.43. The van der Waals surface area contributed by atoms with Crippen LogP contribution in [0.2, 0.25) is 0 Å². The van der Waals surface area contributed by atoms with Gasteiger partial charge in [0, 0.05) is 36.5 Å². The maximum absolute atomic E-state index is 14.2. The van der Waals surface area contributed by atoms with Crippen molar-refractivity contribution in [3.63, 3.8) is 0 Å². The molecule has 3 heterocycles. The van der Waals surface area contributed by atoms with Crippen LogP contribution in [0.4, 0.5) is 0 Å². The molecule has 2 saturated heterocycles. The van der Waals surface area contributed by atoms with Gasteiger partial charge in [0.15, 0.2) is 0 Å². The number of cyclic esters (lactones) is 2. The van der Waals surface area contributed by atoms with Crippen molar-refractivity contribution in [3.8, 4) is 0 Å². The van der Waals surface area contributed by atoms with E-state index in [1.54, 1.807) is 0 Å². The number of unbranched alkanes of at least 4 members (excludes halogenated alkanes) is 1. The highest BCUT2D eigenvalue weighted by molar-refractivity contribution is 6.00. The van der Waals surface area contributed by atoms with Gasteiger partial charge in [0.25, 0.3) is 0 Å². The molecule has 8 aliphatic rings. The van der Waals surface area contributed by atoms with Crippen LogP contribution in [-0.4, -0.2) is 36.4 Å². The molecule has 7 atom stereocenters. The lowest BCUT2D eigenvalue weighted by molar-refractivity contribution is -0.699. The van der Waals surface area contributed by atoms with Crippen molar-refractivity contribution >= 4 is 11.9 Å². The van der Waals surface area contributed by atoms with Gasteiger partial charge in [-0.3, -0.25) is 5.73 Å². The van der Waals surface area contributed by atoms with Crippen LogP contribution in [0.5, 0.6) is 0 Å².